The maximum Gasteiger partial charge on any atom is 0.273 e. The van der Waals surface area contributed by atoms with E-state index in [1.54, 1.807) is 5.38 Å². The zero-order valence-electron chi connectivity index (χ0n) is 11.9. The van der Waals surface area contributed by atoms with Crippen LogP contribution < -0.4 is 5.73 Å². The Balaban J connectivity index is 0.00000176. The fraction of sp³-hybridized carbons (Fsp3) is 0.333. The molecule has 2 N–H and O–H groups in total. The van der Waals surface area contributed by atoms with Gasteiger partial charge in [-0.15, -0.1) is 23.7 Å². The molecule has 22 heavy (non-hydrogen) atoms. The molecule has 0 radical (unpaired) electrons. The van der Waals surface area contributed by atoms with E-state index < -0.39 is 0 Å². The SMILES string of the molecule is Cl.NCc1nc(C(=O)N(Cc2cccc(Br)c2)C2CC2)cs1. The Hall–Kier alpha value is -0.950. The minimum Gasteiger partial charge on any atom is -0.330 e. The molecule has 0 spiro atoms. The minimum atomic E-state index is 0. The zero-order valence-corrected chi connectivity index (χ0v) is 15.1. The fourth-order valence-electron chi connectivity index (χ4n) is 2.23. The number of rotatable bonds is 5. The van der Waals surface area contributed by atoms with Crippen LogP contribution in [-0.4, -0.2) is 21.8 Å². The molecule has 118 valence electrons. The van der Waals surface area contributed by atoms with Crippen LogP contribution >= 0.6 is 39.7 Å². The van der Waals surface area contributed by atoms with Gasteiger partial charge in [-0.1, -0.05) is 28.1 Å². The Labute approximate surface area is 148 Å². The second-order valence-electron chi connectivity index (χ2n) is 5.12. The summed E-state index contributed by atoms with van der Waals surface area (Å²) >= 11 is 4.92. The summed E-state index contributed by atoms with van der Waals surface area (Å²) < 4.78 is 1.03. The average Bonchev–Trinajstić information content (AvgIpc) is 3.20. The number of carbonyl (C=O) groups is 1. The first-order valence-electron chi connectivity index (χ1n) is 6.87. The first-order valence-corrected chi connectivity index (χ1v) is 8.54. The van der Waals surface area contributed by atoms with E-state index in [9.17, 15) is 4.79 Å². The van der Waals surface area contributed by atoms with Crippen LogP contribution in [0.25, 0.3) is 0 Å². The maximum atomic E-state index is 12.7. The average molecular weight is 403 g/mol. The van der Waals surface area contributed by atoms with Crippen molar-refractivity contribution < 1.29 is 4.79 Å². The van der Waals surface area contributed by atoms with Gasteiger partial charge in [0.1, 0.15) is 10.7 Å². The van der Waals surface area contributed by atoms with E-state index in [4.69, 9.17) is 5.73 Å². The number of halogens is 2. The molecule has 0 unspecified atom stereocenters. The van der Waals surface area contributed by atoms with Gasteiger partial charge in [-0.3, -0.25) is 4.79 Å². The third kappa shape index (κ3) is 4.07. The Morgan fingerprint density at radius 1 is 1.45 bits per heavy atom. The molecule has 1 amide bonds. The molecule has 0 saturated heterocycles. The highest BCUT2D eigenvalue weighted by Crippen LogP contribution is 2.30. The lowest BCUT2D eigenvalue weighted by atomic mass is 10.2. The van der Waals surface area contributed by atoms with Crippen molar-refractivity contribution in [2.24, 2.45) is 5.73 Å². The van der Waals surface area contributed by atoms with Crippen LogP contribution in [0.2, 0.25) is 0 Å². The molecule has 1 aliphatic rings. The zero-order chi connectivity index (χ0) is 14.8. The lowest BCUT2D eigenvalue weighted by Gasteiger charge is -2.21. The number of nitrogens with two attached hydrogens (primary N) is 1. The molecule has 0 bridgehead atoms. The van der Waals surface area contributed by atoms with Gasteiger partial charge < -0.3 is 10.6 Å². The van der Waals surface area contributed by atoms with Crippen molar-refractivity contribution in [1.82, 2.24) is 9.88 Å². The summed E-state index contributed by atoms with van der Waals surface area (Å²) in [7, 11) is 0. The first-order chi connectivity index (χ1) is 10.2. The third-order valence-electron chi connectivity index (χ3n) is 3.44. The minimum absolute atomic E-state index is 0. The van der Waals surface area contributed by atoms with Gasteiger partial charge in [-0.25, -0.2) is 4.98 Å². The predicted molar refractivity (Wildman–Crippen MR) is 94.3 cm³/mol. The van der Waals surface area contributed by atoms with E-state index in [-0.39, 0.29) is 18.3 Å². The van der Waals surface area contributed by atoms with Crippen LogP contribution in [0.15, 0.2) is 34.1 Å². The monoisotopic (exact) mass is 401 g/mol. The summed E-state index contributed by atoms with van der Waals surface area (Å²) in [5, 5.41) is 2.61. The van der Waals surface area contributed by atoms with Crippen molar-refractivity contribution >= 4 is 45.6 Å². The fourth-order valence-corrected chi connectivity index (χ4v) is 3.33. The molecular formula is C15H17BrClN3OS. The quantitative estimate of drug-likeness (QED) is 0.831. The van der Waals surface area contributed by atoms with Crippen molar-refractivity contribution in [3.8, 4) is 0 Å². The summed E-state index contributed by atoms with van der Waals surface area (Å²) in [6, 6.07) is 8.42. The number of hydrogen-bond acceptors (Lipinski definition) is 4. The van der Waals surface area contributed by atoms with Crippen LogP contribution in [0, 0.1) is 0 Å². The largest absolute Gasteiger partial charge is 0.330 e. The van der Waals surface area contributed by atoms with Crippen molar-refractivity contribution in [3.05, 3.63) is 50.4 Å². The van der Waals surface area contributed by atoms with Gasteiger partial charge in [-0.05, 0) is 30.5 Å². The van der Waals surface area contributed by atoms with Gasteiger partial charge in [-0.2, -0.15) is 0 Å². The Morgan fingerprint density at radius 2 is 2.23 bits per heavy atom. The van der Waals surface area contributed by atoms with Crippen LogP contribution in [-0.2, 0) is 13.1 Å². The van der Waals surface area contributed by atoms with Crippen molar-refractivity contribution in [2.75, 3.05) is 0 Å². The predicted octanol–water partition coefficient (Wildman–Crippen LogP) is 3.59. The topological polar surface area (TPSA) is 59.2 Å². The molecule has 1 heterocycles. The summed E-state index contributed by atoms with van der Waals surface area (Å²) in [4.78, 5) is 18.9. The van der Waals surface area contributed by atoms with Gasteiger partial charge in [0.05, 0.1) is 0 Å². The smallest absolute Gasteiger partial charge is 0.273 e. The Morgan fingerprint density at radius 3 is 2.82 bits per heavy atom. The molecule has 2 aromatic rings. The van der Waals surface area contributed by atoms with Crippen LogP contribution in [0.4, 0.5) is 0 Å². The molecule has 1 aliphatic carbocycles. The van der Waals surface area contributed by atoms with E-state index in [1.807, 2.05) is 23.1 Å². The summed E-state index contributed by atoms with van der Waals surface area (Å²) in [5.74, 6) is 0.00780. The van der Waals surface area contributed by atoms with Gasteiger partial charge in [0, 0.05) is 29.0 Å². The van der Waals surface area contributed by atoms with Gasteiger partial charge in [0.2, 0.25) is 0 Å². The van der Waals surface area contributed by atoms with Crippen molar-refractivity contribution in [1.29, 1.82) is 0 Å². The third-order valence-corrected chi connectivity index (χ3v) is 4.80. The molecule has 1 saturated carbocycles. The Kier molecular flexibility index (Phi) is 5.97. The standard InChI is InChI=1S/C15H16BrN3OS.ClH/c16-11-3-1-2-10(6-11)8-19(12-4-5-12)15(20)13-9-21-14(7-17)18-13;/h1-3,6,9,12H,4-5,7-8,17H2;1H. The van der Waals surface area contributed by atoms with E-state index in [2.05, 4.69) is 27.0 Å². The van der Waals surface area contributed by atoms with Crippen LogP contribution in [0.1, 0.15) is 33.9 Å². The highest BCUT2D eigenvalue weighted by molar-refractivity contribution is 9.10. The maximum absolute atomic E-state index is 12.7. The molecule has 1 aromatic carbocycles. The number of carbonyl (C=O) groups excluding carboxylic acids is 1. The highest BCUT2D eigenvalue weighted by atomic mass is 79.9. The van der Waals surface area contributed by atoms with Gasteiger partial charge in [0.25, 0.3) is 5.91 Å². The number of thiazole rings is 1. The lowest BCUT2D eigenvalue weighted by molar-refractivity contribution is 0.0724. The number of benzene rings is 1. The number of aromatic nitrogens is 1. The lowest BCUT2D eigenvalue weighted by Crippen LogP contribution is -2.32. The van der Waals surface area contributed by atoms with E-state index in [0.717, 1.165) is 27.9 Å². The first kappa shape index (κ1) is 17.4. The van der Waals surface area contributed by atoms with Gasteiger partial charge in [0.15, 0.2) is 0 Å². The number of amides is 1. The Bertz CT molecular complexity index is 660. The molecule has 3 rings (SSSR count). The summed E-state index contributed by atoms with van der Waals surface area (Å²) in [6.45, 7) is 1.01. The second kappa shape index (κ2) is 7.55. The summed E-state index contributed by atoms with van der Waals surface area (Å²) in [6.07, 6.45) is 2.15. The van der Waals surface area contributed by atoms with Crippen molar-refractivity contribution in [3.63, 3.8) is 0 Å². The molecule has 4 nitrogen and oxygen atoms in total. The van der Waals surface area contributed by atoms with E-state index in [0.29, 0.717) is 24.8 Å². The number of nitrogens with zero attached hydrogens (tertiary/aromatic N) is 2. The van der Waals surface area contributed by atoms with Crippen LogP contribution in [0.5, 0.6) is 0 Å². The molecule has 0 atom stereocenters. The molecule has 1 aromatic heterocycles. The van der Waals surface area contributed by atoms with Gasteiger partial charge >= 0.3 is 0 Å². The molecule has 1 fully saturated rings. The van der Waals surface area contributed by atoms with Crippen LogP contribution in [0.3, 0.4) is 0 Å². The van der Waals surface area contributed by atoms with E-state index >= 15 is 0 Å². The highest BCUT2D eigenvalue weighted by Gasteiger charge is 2.33. The molecule has 0 aliphatic heterocycles. The molecule has 7 heteroatoms. The normalized spacial score (nSPS) is 13.5. The second-order valence-corrected chi connectivity index (χ2v) is 6.98. The number of hydrogen-bond donors (Lipinski definition) is 1. The van der Waals surface area contributed by atoms with Crippen molar-refractivity contribution in [2.45, 2.75) is 32.0 Å². The summed E-state index contributed by atoms with van der Waals surface area (Å²) in [5.41, 5.74) is 7.21. The van der Waals surface area contributed by atoms with E-state index in [1.165, 1.54) is 11.3 Å². The molecular weight excluding hydrogens is 386 g/mol.